The molecule has 1 amide bonds. The summed E-state index contributed by atoms with van der Waals surface area (Å²) in [6, 6.07) is 9.76. The minimum Gasteiger partial charge on any atom is -0.493 e. The van der Waals surface area contributed by atoms with Crippen molar-refractivity contribution in [1.82, 2.24) is 15.6 Å². The van der Waals surface area contributed by atoms with Crippen molar-refractivity contribution in [3.05, 3.63) is 53.9 Å². The molecule has 0 radical (unpaired) electrons. The molecule has 0 spiro atoms. The van der Waals surface area contributed by atoms with E-state index in [2.05, 4.69) is 15.6 Å². The summed E-state index contributed by atoms with van der Waals surface area (Å²) in [5.74, 6) is 1.44. The van der Waals surface area contributed by atoms with Gasteiger partial charge in [-0.1, -0.05) is 6.07 Å². The number of hydrogen-bond acceptors (Lipinski definition) is 5. The van der Waals surface area contributed by atoms with E-state index in [1.165, 1.54) is 6.92 Å². The number of carbonyl (C=O) groups is 1. The second-order valence-corrected chi connectivity index (χ2v) is 5.64. The van der Waals surface area contributed by atoms with Crippen LogP contribution in [-0.2, 0) is 17.9 Å². The van der Waals surface area contributed by atoms with Crippen LogP contribution in [0.25, 0.3) is 0 Å². The zero-order valence-electron chi connectivity index (χ0n) is 14.7. The van der Waals surface area contributed by atoms with Crippen LogP contribution in [0.5, 0.6) is 11.5 Å². The Kier molecular flexibility index (Phi) is 7.72. The molecule has 1 aromatic heterocycles. The van der Waals surface area contributed by atoms with Gasteiger partial charge in [-0.05, 0) is 48.4 Å². The molecule has 2 N–H and O–H groups in total. The standard InChI is InChI=1S/C19H25N3O3/c1-15(23)22-9-3-8-21-13-17-4-5-18(19(12-17)24-2)25-14-16-6-10-20-11-7-16/h4-7,10-12,21H,3,8-9,13-14H2,1-2H3,(H,22,23). The molecular weight excluding hydrogens is 318 g/mol. The van der Waals surface area contributed by atoms with Crippen LogP contribution in [0.15, 0.2) is 42.7 Å². The summed E-state index contributed by atoms with van der Waals surface area (Å²) in [7, 11) is 1.64. The number of amides is 1. The van der Waals surface area contributed by atoms with E-state index in [1.54, 1.807) is 19.5 Å². The summed E-state index contributed by atoms with van der Waals surface area (Å²) in [6.45, 7) is 4.26. The summed E-state index contributed by atoms with van der Waals surface area (Å²) < 4.78 is 11.3. The smallest absolute Gasteiger partial charge is 0.216 e. The van der Waals surface area contributed by atoms with Gasteiger partial charge < -0.3 is 20.1 Å². The quantitative estimate of drug-likeness (QED) is 0.648. The van der Waals surface area contributed by atoms with Gasteiger partial charge in [0.1, 0.15) is 6.61 Å². The summed E-state index contributed by atoms with van der Waals surface area (Å²) in [5, 5.41) is 6.13. The van der Waals surface area contributed by atoms with Gasteiger partial charge in [-0.3, -0.25) is 9.78 Å². The molecule has 6 nitrogen and oxygen atoms in total. The molecule has 6 heteroatoms. The lowest BCUT2D eigenvalue weighted by Crippen LogP contribution is -2.24. The molecular formula is C19H25N3O3. The Morgan fingerprint density at radius 3 is 2.60 bits per heavy atom. The highest BCUT2D eigenvalue weighted by Crippen LogP contribution is 2.28. The Morgan fingerprint density at radius 2 is 1.88 bits per heavy atom. The van der Waals surface area contributed by atoms with E-state index < -0.39 is 0 Å². The van der Waals surface area contributed by atoms with Crippen LogP contribution in [0.3, 0.4) is 0 Å². The molecule has 2 rings (SSSR count). The maximum Gasteiger partial charge on any atom is 0.216 e. The lowest BCUT2D eigenvalue weighted by Gasteiger charge is -2.13. The average Bonchev–Trinajstić information content (AvgIpc) is 2.63. The predicted octanol–water partition coefficient (Wildman–Crippen LogP) is 2.29. The van der Waals surface area contributed by atoms with Crippen LogP contribution < -0.4 is 20.1 Å². The van der Waals surface area contributed by atoms with Gasteiger partial charge in [-0.15, -0.1) is 0 Å². The molecule has 0 saturated heterocycles. The van der Waals surface area contributed by atoms with Gasteiger partial charge in [-0.25, -0.2) is 0 Å². The molecule has 0 saturated carbocycles. The average molecular weight is 343 g/mol. The van der Waals surface area contributed by atoms with Gasteiger partial charge in [0.05, 0.1) is 7.11 Å². The number of benzene rings is 1. The van der Waals surface area contributed by atoms with Gasteiger partial charge in [-0.2, -0.15) is 0 Å². The molecule has 0 aliphatic heterocycles. The van der Waals surface area contributed by atoms with Crippen molar-refractivity contribution < 1.29 is 14.3 Å². The number of carbonyl (C=O) groups excluding carboxylic acids is 1. The minimum atomic E-state index is 0.00657. The van der Waals surface area contributed by atoms with Crippen molar-refractivity contribution in [2.24, 2.45) is 0 Å². The summed E-state index contributed by atoms with van der Waals surface area (Å²) in [5.41, 5.74) is 2.18. The van der Waals surface area contributed by atoms with Crippen molar-refractivity contribution >= 4 is 5.91 Å². The molecule has 2 aromatic rings. The van der Waals surface area contributed by atoms with Crippen LogP contribution in [0.4, 0.5) is 0 Å². The number of nitrogens with one attached hydrogen (secondary N) is 2. The Morgan fingerprint density at radius 1 is 1.08 bits per heavy atom. The van der Waals surface area contributed by atoms with Crippen molar-refractivity contribution in [3.63, 3.8) is 0 Å². The van der Waals surface area contributed by atoms with Crippen molar-refractivity contribution in [2.45, 2.75) is 26.5 Å². The zero-order chi connectivity index (χ0) is 17.9. The maximum absolute atomic E-state index is 10.8. The van der Waals surface area contributed by atoms with Gasteiger partial charge in [0, 0.05) is 32.4 Å². The van der Waals surface area contributed by atoms with E-state index in [9.17, 15) is 4.79 Å². The second-order valence-electron chi connectivity index (χ2n) is 5.64. The van der Waals surface area contributed by atoms with E-state index in [0.29, 0.717) is 24.7 Å². The number of methoxy groups -OCH3 is 1. The Balaban J connectivity index is 1.80. The first-order valence-electron chi connectivity index (χ1n) is 8.33. The molecule has 25 heavy (non-hydrogen) atoms. The number of ether oxygens (including phenoxy) is 2. The third-order valence-corrected chi connectivity index (χ3v) is 3.61. The molecule has 0 atom stereocenters. The zero-order valence-corrected chi connectivity index (χ0v) is 14.7. The van der Waals surface area contributed by atoms with Crippen LogP contribution >= 0.6 is 0 Å². The first-order chi connectivity index (χ1) is 12.2. The van der Waals surface area contributed by atoms with Gasteiger partial charge >= 0.3 is 0 Å². The number of pyridine rings is 1. The van der Waals surface area contributed by atoms with E-state index in [1.807, 2.05) is 30.3 Å². The van der Waals surface area contributed by atoms with Gasteiger partial charge in [0.25, 0.3) is 0 Å². The topological polar surface area (TPSA) is 72.5 Å². The van der Waals surface area contributed by atoms with Crippen molar-refractivity contribution in [1.29, 1.82) is 0 Å². The Bertz CT molecular complexity index is 662. The third kappa shape index (κ3) is 6.81. The lowest BCUT2D eigenvalue weighted by atomic mass is 10.2. The SMILES string of the molecule is COc1cc(CNCCCNC(C)=O)ccc1OCc1ccncc1. The molecule has 1 aromatic carbocycles. The molecule has 0 aliphatic rings. The minimum absolute atomic E-state index is 0.00657. The fourth-order valence-electron chi connectivity index (χ4n) is 2.29. The van der Waals surface area contributed by atoms with E-state index in [0.717, 1.165) is 30.6 Å². The first kappa shape index (κ1) is 18.7. The van der Waals surface area contributed by atoms with Gasteiger partial charge in [0.15, 0.2) is 11.5 Å². The second kappa shape index (κ2) is 10.3. The monoisotopic (exact) mass is 343 g/mol. The van der Waals surface area contributed by atoms with Crippen molar-refractivity contribution in [3.8, 4) is 11.5 Å². The molecule has 0 fully saturated rings. The highest BCUT2D eigenvalue weighted by atomic mass is 16.5. The van der Waals surface area contributed by atoms with Crippen LogP contribution in [0.1, 0.15) is 24.5 Å². The number of nitrogens with zero attached hydrogens (tertiary/aromatic N) is 1. The largest absolute Gasteiger partial charge is 0.493 e. The number of hydrogen-bond donors (Lipinski definition) is 2. The summed E-state index contributed by atoms with van der Waals surface area (Å²) in [4.78, 5) is 14.8. The fraction of sp³-hybridized carbons (Fsp3) is 0.368. The van der Waals surface area contributed by atoms with E-state index in [-0.39, 0.29) is 5.91 Å². The van der Waals surface area contributed by atoms with E-state index in [4.69, 9.17) is 9.47 Å². The van der Waals surface area contributed by atoms with Crippen molar-refractivity contribution in [2.75, 3.05) is 20.2 Å². The summed E-state index contributed by atoms with van der Waals surface area (Å²) in [6.07, 6.45) is 4.39. The highest BCUT2D eigenvalue weighted by molar-refractivity contribution is 5.72. The number of aromatic nitrogens is 1. The third-order valence-electron chi connectivity index (χ3n) is 3.61. The molecule has 0 bridgehead atoms. The summed E-state index contributed by atoms with van der Waals surface area (Å²) >= 11 is 0. The Hall–Kier alpha value is -2.60. The molecule has 0 aliphatic carbocycles. The Labute approximate surface area is 148 Å². The van der Waals surface area contributed by atoms with Crippen LogP contribution in [-0.4, -0.2) is 31.1 Å². The molecule has 1 heterocycles. The lowest BCUT2D eigenvalue weighted by molar-refractivity contribution is -0.118. The fourth-order valence-corrected chi connectivity index (χ4v) is 2.29. The maximum atomic E-state index is 10.8. The normalized spacial score (nSPS) is 10.3. The predicted molar refractivity (Wildman–Crippen MR) is 96.6 cm³/mol. The number of rotatable bonds is 10. The van der Waals surface area contributed by atoms with E-state index >= 15 is 0 Å². The molecule has 134 valence electrons. The first-order valence-corrected chi connectivity index (χ1v) is 8.33. The highest BCUT2D eigenvalue weighted by Gasteiger charge is 2.06. The molecule has 0 unspecified atom stereocenters. The van der Waals surface area contributed by atoms with Crippen LogP contribution in [0.2, 0.25) is 0 Å². The van der Waals surface area contributed by atoms with Crippen LogP contribution in [0, 0.1) is 0 Å². The van der Waals surface area contributed by atoms with Gasteiger partial charge in [0.2, 0.25) is 5.91 Å².